The number of Topliss-reactive ketones (excluding diaryl/α,β-unsaturated/α-hetero) is 1. The zero-order chi connectivity index (χ0) is 34.2. The minimum Gasteiger partial charge on any atom is -0.423 e. The Morgan fingerprint density at radius 3 is 1.83 bits per heavy atom. The molecule has 8 nitrogen and oxygen atoms in total. The number of carbonyl (C=O) groups is 5. The molecular formula is C31H16Cl8N2O6. The number of allylic oxidation sites excluding steroid dienone is 2. The van der Waals surface area contributed by atoms with E-state index in [0.717, 1.165) is 0 Å². The van der Waals surface area contributed by atoms with Crippen LogP contribution < -0.4 is 4.74 Å². The van der Waals surface area contributed by atoms with Crippen LogP contribution in [0, 0.1) is 11.8 Å². The topological polar surface area (TPSA) is 101 Å². The summed E-state index contributed by atoms with van der Waals surface area (Å²) in [5.41, 5.74) is 0.170. The highest BCUT2D eigenvalue weighted by Crippen LogP contribution is 2.77. The van der Waals surface area contributed by atoms with Crippen molar-refractivity contribution in [2.24, 2.45) is 11.8 Å². The normalized spacial score (nSPS) is 25.7. The van der Waals surface area contributed by atoms with Gasteiger partial charge >= 0.3 is 5.97 Å². The van der Waals surface area contributed by atoms with Crippen molar-refractivity contribution in [2.75, 3.05) is 6.54 Å². The van der Waals surface area contributed by atoms with Gasteiger partial charge in [-0.15, -0.1) is 23.2 Å². The summed E-state index contributed by atoms with van der Waals surface area (Å²) in [4.78, 5) is 63.9. The molecule has 1 saturated carbocycles. The fraction of sp³-hybridized carbons (Fsp3) is 0.194. The van der Waals surface area contributed by atoms with Gasteiger partial charge in [0.05, 0.1) is 38.0 Å². The first-order valence-corrected chi connectivity index (χ1v) is 16.5. The molecule has 1 heterocycles. The van der Waals surface area contributed by atoms with Crippen molar-refractivity contribution < 1.29 is 28.7 Å². The Bertz CT molecular complexity index is 1870. The van der Waals surface area contributed by atoms with E-state index in [0.29, 0.717) is 15.6 Å². The highest BCUT2D eigenvalue weighted by molar-refractivity contribution is 6.66. The van der Waals surface area contributed by atoms with E-state index in [2.05, 4.69) is 0 Å². The zero-order valence-corrected chi connectivity index (χ0v) is 29.2. The van der Waals surface area contributed by atoms with Gasteiger partial charge < -0.3 is 4.74 Å². The summed E-state index contributed by atoms with van der Waals surface area (Å²) in [6.07, 6.45) is 0. The average Bonchev–Trinajstić information content (AvgIpc) is 3.42. The van der Waals surface area contributed by atoms with Gasteiger partial charge in [0.1, 0.15) is 22.0 Å². The van der Waals surface area contributed by atoms with Crippen molar-refractivity contribution in [1.29, 1.82) is 0 Å². The van der Waals surface area contributed by atoms with E-state index in [4.69, 9.17) is 97.5 Å². The Balaban J connectivity index is 1.34. The summed E-state index contributed by atoms with van der Waals surface area (Å²) in [6, 6.07) is 17.6. The smallest absolute Gasteiger partial charge is 0.343 e. The van der Waals surface area contributed by atoms with E-state index in [-0.39, 0.29) is 37.0 Å². The molecule has 0 aromatic heterocycles. The van der Waals surface area contributed by atoms with Crippen molar-refractivity contribution in [3.8, 4) is 5.75 Å². The number of amides is 3. The van der Waals surface area contributed by atoms with Crippen molar-refractivity contribution in [1.82, 2.24) is 10.0 Å². The fourth-order valence-electron chi connectivity index (χ4n) is 5.93. The van der Waals surface area contributed by atoms with Gasteiger partial charge in [0, 0.05) is 10.6 Å². The minimum atomic E-state index is -2.21. The van der Waals surface area contributed by atoms with Crippen LogP contribution in [-0.4, -0.2) is 60.1 Å². The van der Waals surface area contributed by atoms with Crippen LogP contribution in [0.5, 0.6) is 5.75 Å². The monoisotopic (exact) mass is 792 g/mol. The van der Waals surface area contributed by atoms with Crippen LogP contribution >= 0.6 is 92.8 Å². The molecule has 16 heteroatoms. The van der Waals surface area contributed by atoms with Crippen molar-refractivity contribution in [3.63, 3.8) is 0 Å². The number of nitrogens with zero attached hydrogens (tertiary/aromatic N) is 2. The average molecular weight is 796 g/mol. The van der Waals surface area contributed by atoms with Crippen LogP contribution in [0.2, 0.25) is 10.0 Å². The molecule has 1 aliphatic heterocycles. The lowest BCUT2D eigenvalue weighted by Gasteiger charge is -2.36. The number of hydrogen-bond donors (Lipinski definition) is 0. The van der Waals surface area contributed by atoms with Crippen LogP contribution in [-0.2, 0) is 9.59 Å². The molecule has 2 aliphatic carbocycles. The number of imide groups is 1. The maximum Gasteiger partial charge on any atom is 0.343 e. The third kappa shape index (κ3) is 4.98. The third-order valence-corrected chi connectivity index (χ3v) is 13.0. The van der Waals surface area contributed by atoms with E-state index < -0.39 is 61.9 Å². The second kappa shape index (κ2) is 12.1. The van der Waals surface area contributed by atoms with Crippen LogP contribution in [0.15, 0.2) is 82.9 Å². The number of rotatable bonds is 7. The van der Waals surface area contributed by atoms with Gasteiger partial charge in [0.25, 0.3) is 17.7 Å². The lowest BCUT2D eigenvalue weighted by Crippen LogP contribution is -2.56. The van der Waals surface area contributed by atoms with Gasteiger partial charge in [-0.1, -0.05) is 87.8 Å². The molecule has 0 unspecified atom stereocenters. The quantitative estimate of drug-likeness (QED) is 0.0793. The second-order valence-electron chi connectivity index (χ2n) is 10.8. The maximum absolute atomic E-state index is 14.1. The zero-order valence-electron chi connectivity index (χ0n) is 23.2. The van der Waals surface area contributed by atoms with Gasteiger partial charge in [-0.05, 0) is 54.6 Å². The number of ketones is 1. The SMILES string of the molecule is O=C(CN(C(=O)c1ccc(Cl)cc1Cl)N1C(=O)[C@@H]2[C@H](C1=O)[C@@]1(Cl)C(Cl)=C(Cl)[C@@]2(Cl)C1(Cl)Cl)c1ccc(OC(=O)c2ccccc2)cc1. The first-order chi connectivity index (χ1) is 22.1. The molecule has 3 aromatic rings. The largest absolute Gasteiger partial charge is 0.423 e. The highest BCUT2D eigenvalue weighted by Gasteiger charge is 2.88. The molecule has 0 radical (unpaired) electrons. The van der Waals surface area contributed by atoms with Crippen LogP contribution in [0.3, 0.4) is 0 Å². The standard InChI is InChI=1S/C31H16Cl8N2O6/c32-16-8-11-18(19(33)12-16)25(43)40(13-20(42)14-6-9-17(10-7-14)47-28(46)15-4-2-1-3-5-15)41-26(44)21-22(27(41)45)30(37)24(35)23(34)29(21,36)31(30,38)39/h1-12,21-22H,13H2/t21-,22+,29-,30-/m1/s1. The summed E-state index contributed by atoms with van der Waals surface area (Å²) in [6.45, 7) is -0.843. The minimum absolute atomic E-state index is 0.0415. The van der Waals surface area contributed by atoms with Gasteiger partial charge in [-0.3, -0.25) is 19.2 Å². The molecule has 242 valence electrons. The van der Waals surface area contributed by atoms with Crippen LogP contribution in [0.25, 0.3) is 0 Å². The Hall–Kier alpha value is -2.53. The molecule has 3 amide bonds. The van der Waals surface area contributed by atoms with Gasteiger partial charge in [-0.25, -0.2) is 9.80 Å². The number of fused-ring (bicyclic) bond motifs is 5. The van der Waals surface area contributed by atoms with E-state index in [1.54, 1.807) is 30.3 Å². The predicted octanol–water partition coefficient (Wildman–Crippen LogP) is 7.90. The Morgan fingerprint density at radius 1 is 0.745 bits per heavy atom. The number of benzene rings is 3. The molecule has 0 N–H and O–H groups in total. The first-order valence-electron chi connectivity index (χ1n) is 13.4. The summed E-state index contributed by atoms with van der Waals surface area (Å²) in [7, 11) is 0. The lowest BCUT2D eigenvalue weighted by molar-refractivity contribution is -0.154. The number of alkyl halides is 4. The Morgan fingerprint density at radius 2 is 1.30 bits per heavy atom. The number of hydrogen-bond acceptors (Lipinski definition) is 6. The summed E-state index contributed by atoms with van der Waals surface area (Å²) in [5.74, 6) is -7.45. The number of ether oxygens (including phenoxy) is 1. The highest BCUT2D eigenvalue weighted by atomic mass is 35.5. The molecule has 2 bridgehead atoms. The molecule has 6 rings (SSSR count). The third-order valence-electron chi connectivity index (χ3n) is 8.21. The molecule has 4 atom stereocenters. The number of esters is 1. The maximum atomic E-state index is 14.1. The van der Waals surface area contributed by atoms with Crippen LogP contribution in [0.4, 0.5) is 0 Å². The lowest BCUT2D eigenvalue weighted by atomic mass is 9.84. The van der Waals surface area contributed by atoms with Crippen LogP contribution in [0.1, 0.15) is 31.1 Å². The molecule has 2 fully saturated rings. The van der Waals surface area contributed by atoms with Crippen molar-refractivity contribution in [2.45, 2.75) is 14.1 Å². The summed E-state index contributed by atoms with van der Waals surface area (Å²) < 4.78 is 3.15. The summed E-state index contributed by atoms with van der Waals surface area (Å²) >= 11 is 51.9. The van der Waals surface area contributed by atoms with Gasteiger partial charge in [-0.2, -0.15) is 5.01 Å². The molecule has 0 spiro atoms. The number of halogens is 8. The van der Waals surface area contributed by atoms with Crippen molar-refractivity contribution >= 4 is 122 Å². The van der Waals surface area contributed by atoms with E-state index >= 15 is 0 Å². The van der Waals surface area contributed by atoms with E-state index in [9.17, 15) is 24.0 Å². The Kier molecular flexibility index (Phi) is 8.85. The first kappa shape index (κ1) is 34.3. The van der Waals surface area contributed by atoms with Gasteiger partial charge in [0.15, 0.2) is 10.1 Å². The second-order valence-corrected chi connectivity index (χ2v) is 14.9. The predicted molar refractivity (Wildman–Crippen MR) is 179 cm³/mol. The molecule has 47 heavy (non-hydrogen) atoms. The molecular weight excluding hydrogens is 780 g/mol. The molecule has 3 aliphatic rings. The van der Waals surface area contributed by atoms with E-state index in [1.807, 2.05) is 0 Å². The van der Waals surface area contributed by atoms with E-state index in [1.165, 1.54) is 42.5 Å². The van der Waals surface area contributed by atoms with Crippen molar-refractivity contribution in [3.05, 3.63) is 110 Å². The molecule has 3 aromatic carbocycles. The molecule has 1 saturated heterocycles. The summed E-state index contributed by atoms with van der Waals surface area (Å²) in [5, 5.41) is 0.509. The fourth-order valence-corrected chi connectivity index (χ4v) is 9.35. The number of carbonyl (C=O) groups excluding carboxylic acids is 5. The number of hydrazine groups is 1. The Labute approximate surface area is 306 Å². The van der Waals surface area contributed by atoms with Gasteiger partial charge in [0.2, 0.25) is 0 Å².